The van der Waals surface area contributed by atoms with Crippen molar-refractivity contribution in [1.82, 2.24) is 20.4 Å². The van der Waals surface area contributed by atoms with Crippen LogP contribution in [0.4, 0.5) is 23.7 Å². The van der Waals surface area contributed by atoms with Gasteiger partial charge in [-0.05, 0) is 48.7 Å². The molecule has 10 nitrogen and oxygen atoms in total. The third kappa shape index (κ3) is 5.54. The number of hydrogen-bond donors (Lipinski definition) is 1. The van der Waals surface area contributed by atoms with Crippen LogP contribution in [0.25, 0.3) is 0 Å². The van der Waals surface area contributed by atoms with Gasteiger partial charge in [0, 0.05) is 24.6 Å². The molecular weight excluding hydrogens is 541 g/mol. The Morgan fingerprint density at radius 1 is 1.15 bits per heavy atom. The first-order valence-electron chi connectivity index (χ1n) is 12.7. The number of nitriles is 1. The number of nitrogens with one attached hydrogen (secondary N) is 1. The maximum atomic E-state index is 14.1. The van der Waals surface area contributed by atoms with Crippen molar-refractivity contribution in [2.45, 2.75) is 44.9 Å². The zero-order valence-corrected chi connectivity index (χ0v) is 21.7. The summed E-state index contributed by atoms with van der Waals surface area (Å²) >= 11 is 0. The fraction of sp³-hybridized carbons (Fsp3) is 0.286. The summed E-state index contributed by atoms with van der Waals surface area (Å²) in [5, 5.41) is 19.3. The van der Waals surface area contributed by atoms with Gasteiger partial charge in [-0.3, -0.25) is 14.5 Å². The van der Waals surface area contributed by atoms with Crippen LogP contribution in [0.3, 0.4) is 0 Å². The fourth-order valence-electron chi connectivity index (χ4n) is 5.03. The molecule has 1 aliphatic heterocycles. The second-order valence-corrected chi connectivity index (χ2v) is 9.56. The van der Waals surface area contributed by atoms with Gasteiger partial charge in [0.25, 0.3) is 0 Å². The Kier molecular flexibility index (Phi) is 7.32. The quantitative estimate of drug-likeness (QED) is 0.464. The number of rotatable bonds is 6. The smallest absolute Gasteiger partial charge is 0.416 e. The van der Waals surface area contributed by atoms with E-state index in [1.807, 2.05) is 6.07 Å². The van der Waals surface area contributed by atoms with Gasteiger partial charge in [-0.25, -0.2) is 4.79 Å². The first kappa shape index (κ1) is 27.6. The van der Waals surface area contributed by atoms with Gasteiger partial charge in [-0.2, -0.15) is 18.4 Å². The molecule has 13 heteroatoms. The Hall–Kier alpha value is -4.99. The van der Waals surface area contributed by atoms with E-state index in [1.165, 1.54) is 24.3 Å². The summed E-state index contributed by atoms with van der Waals surface area (Å²) in [6.45, 7) is 0.936. The van der Waals surface area contributed by atoms with Gasteiger partial charge < -0.3 is 14.6 Å². The number of amides is 3. The van der Waals surface area contributed by atoms with Gasteiger partial charge in [0.05, 0.1) is 35.5 Å². The van der Waals surface area contributed by atoms with Crippen molar-refractivity contribution in [2.24, 2.45) is 0 Å². The number of hydrogen-bond acceptors (Lipinski definition) is 7. The normalized spacial score (nSPS) is 17.4. The number of alkyl halides is 3. The van der Waals surface area contributed by atoms with Crippen molar-refractivity contribution >= 4 is 23.4 Å². The number of halogens is 3. The molecule has 2 heterocycles. The first-order chi connectivity index (χ1) is 19.6. The zero-order valence-electron chi connectivity index (χ0n) is 21.7. The second kappa shape index (κ2) is 10.9. The van der Waals surface area contributed by atoms with Gasteiger partial charge in [0.2, 0.25) is 17.7 Å². The van der Waals surface area contributed by atoms with Crippen LogP contribution in [-0.2, 0) is 22.3 Å². The highest BCUT2D eigenvalue weighted by Gasteiger charge is 2.45. The molecule has 1 N–H and O–H groups in total. The number of ketones is 1. The molecule has 1 atom stereocenters. The number of aromatic nitrogens is 2. The lowest BCUT2D eigenvalue weighted by molar-refractivity contribution is -0.137. The third-order valence-electron chi connectivity index (χ3n) is 6.83. The van der Waals surface area contributed by atoms with Crippen LogP contribution in [0.15, 0.2) is 64.2 Å². The molecule has 0 fully saturated rings. The van der Waals surface area contributed by atoms with Crippen molar-refractivity contribution in [2.75, 3.05) is 11.4 Å². The summed E-state index contributed by atoms with van der Waals surface area (Å²) in [5.41, 5.74) is 0.308. The maximum absolute atomic E-state index is 14.1. The third-order valence-corrected chi connectivity index (χ3v) is 6.83. The summed E-state index contributed by atoms with van der Waals surface area (Å²) in [7, 11) is 0. The number of allylic oxidation sites excluding steroid dienone is 1. The van der Waals surface area contributed by atoms with E-state index in [4.69, 9.17) is 4.42 Å². The molecule has 2 aromatic carbocycles. The first-order valence-corrected chi connectivity index (χ1v) is 12.7. The Balaban J connectivity index is 1.59. The molecule has 1 aromatic heterocycles. The second-order valence-electron chi connectivity index (χ2n) is 9.56. The van der Waals surface area contributed by atoms with Gasteiger partial charge >= 0.3 is 12.2 Å². The molecular formula is C28H23F3N6O4. The number of benzene rings is 2. The van der Waals surface area contributed by atoms with Crippen LogP contribution in [0.2, 0.25) is 0 Å². The van der Waals surface area contributed by atoms with E-state index in [1.54, 1.807) is 19.1 Å². The summed E-state index contributed by atoms with van der Waals surface area (Å²) in [5.74, 6) is -0.461. The summed E-state index contributed by atoms with van der Waals surface area (Å²) in [6.07, 6.45) is -3.81. The molecule has 0 bridgehead atoms. The van der Waals surface area contributed by atoms with E-state index in [2.05, 4.69) is 15.5 Å². The van der Waals surface area contributed by atoms with Gasteiger partial charge in [-0.15, -0.1) is 10.2 Å². The lowest BCUT2D eigenvalue weighted by Gasteiger charge is -2.45. The molecule has 5 rings (SSSR count). The Morgan fingerprint density at radius 2 is 1.90 bits per heavy atom. The van der Waals surface area contributed by atoms with Crippen LogP contribution in [0.1, 0.15) is 53.8 Å². The SMILES string of the molecule is Cc1nnc(CNC(=O)CN2C(=O)N(c3cccc(C(F)(F)F)c3)C3=C(C(=O)CCC3)C2c2ccc(C#N)cc2)o1. The molecule has 1 aliphatic carbocycles. The van der Waals surface area contributed by atoms with Crippen molar-refractivity contribution in [3.63, 3.8) is 0 Å². The van der Waals surface area contributed by atoms with Crippen LogP contribution < -0.4 is 10.2 Å². The monoisotopic (exact) mass is 564 g/mol. The van der Waals surface area contributed by atoms with Crippen LogP contribution >= 0.6 is 0 Å². The van der Waals surface area contributed by atoms with Gasteiger partial charge in [0.1, 0.15) is 6.54 Å². The molecule has 41 heavy (non-hydrogen) atoms. The zero-order chi connectivity index (χ0) is 29.3. The number of nitrogens with zero attached hydrogens (tertiary/aromatic N) is 5. The van der Waals surface area contributed by atoms with E-state index in [0.29, 0.717) is 23.4 Å². The van der Waals surface area contributed by atoms with Crippen molar-refractivity contribution in [3.8, 4) is 6.07 Å². The van der Waals surface area contributed by atoms with Crippen molar-refractivity contribution < 1.29 is 32.0 Å². The predicted molar refractivity (Wildman–Crippen MR) is 137 cm³/mol. The largest absolute Gasteiger partial charge is 0.424 e. The highest BCUT2D eigenvalue weighted by atomic mass is 19.4. The molecule has 3 amide bonds. The van der Waals surface area contributed by atoms with Gasteiger partial charge in [-0.1, -0.05) is 18.2 Å². The van der Waals surface area contributed by atoms with Gasteiger partial charge in [0.15, 0.2) is 5.78 Å². The minimum atomic E-state index is -4.66. The average molecular weight is 565 g/mol. The van der Waals surface area contributed by atoms with E-state index in [9.17, 15) is 32.8 Å². The molecule has 0 radical (unpaired) electrons. The van der Waals surface area contributed by atoms with E-state index in [0.717, 1.165) is 21.9 Å². The fourth-order valence-corrected chi connectivity index (χ4v) is 5.03. The number of aryl methyl sites for hydroxylation is 1. The van der Waals surface area contributed by atoms with E-state index < -0.39 is 36.3 Å². The summed E-state index contributed by atoms with van der Waals surface area (Å²) in [6, 6.07) is 10.8. The molecule has 1 unspecified atom stereocenters. The highest BCUT2D eigenvalue weighted by molar-refractivity contribution is 6.07. The molecule has 0 spiro atoms. The number of carbonyl (C=O) groups excluding carboxylic acids is 3. The topological polar surface area (TPSA) is 132 Å². The Morgan fingerprint density at radius 3 is 2.56 bits per heavy atom. The standard InChI is InChI=1S/C28H23F3N6O4/c1-16-34-35-24(41-16)14-33-23(39)15-36-26(18-10-8-17(13-32)9-11-18)25-21(6-3-7-22(25)38)37(27(36)40)20-5-2-4-19(12-20)28(29,30)31/h2,4-5,8-12,26H,3,6-7,14-15H2,1H3,(H,33,39). The van der Waals surface area contributed by atoms with Crippen LogP contribution in [-0.4, -0.2) is 39.4 Å². The van der Waals surface area contributed by atoms with Crippen molar-refractivity contribution in [3.05, 3.63) is 88.3 Å². The maximum Gasteiger partial charge on any atom is 0.416 e. The van der Waals surface area contributed by atoms with E-state index >= 15 is 0 Å². The number of Topliss-reactive ketones (excluding diaryl/α,β-unsaturated/α-hetero) is 1. The highest BCUT2D eigenvalue weighted by Crippen LogP contribution is 2.44. The lowest BCUT2D eigenvalue weighted by atomic mass is 9.83. The van der Waals surface area contributed by atoms with Crippen molar-refractivity contribution in [1.29, 1.82) is 5.26 Å². The molecule has 2 aliphatic rings. The lowest BCUT2D eigenvalue weighted by Crippen LogP contribution is -2.54. The summed E-state index contributed by atoms with van der Waals surface area (Å²) < 4.78 is 46.0. The molecule has 0 saturated heterocycles. The molecule has 210 valence electrons. The predicted octanol–water partition coefficient (Wildman–Crippen LogP) is 4.58. The number of carbonyl (C=O) groups is 3. The summed E-state index contributed by atoms with van der Waals surface area (Å²) in [4.78, 5) is 42.8. The average Bonchev–Trinajstić information content (AvgIpc) is 3.37. The number of urea groups is 1. The molecule has 3 aromatic rings. The number of anilines is 1. The van der Waals surface area contributed by atoms with Crippen LogP contribution in [0.5, 0.6) is 0 Å². The van der Waals surface area contributed by atoms with Crippen LogP contribution in [0, 0.1) is 18.3 Å². The minimum Gasteiger partial charge on any atom is -0.424 e. The Labute approximate surface area is 232 Å². The Bertz CT molecular complexity index is 1590. The minimum absolute atomic E-state index is 0.0722. The van der Waals surface area contributed by atoms with E-state index in [-0.39, 0.29) is 48.0 Å². The molecule has 0 saturated carbocycles.